The van der Waals surface area contributed by atoms with Gasteiger partial charge in [-0.25, -0.2) is 4.98 Å². The third-order valence-electron chi connectivity index (χ3n) is 3.40. The predicted octanol–water partition coefficient (Wildman–Crippen LogP) is 0.949. The van der Waals surface area contributed by atoms with Gasteiger partial charge in [0.15, 0.2) is 0 Å². The van der Waals surface area contributed by atoms with Gasteiger partial charge in [-0.05, 0) is 12.8 Å². The molecular weight excluding hydrogens is 218 g/mol. The number of imidazole rings is 1. The minimum Gasteiger partial charge on any atom is -0.396 e. The Hall–Kier alpha value is -1.36. The number of aromatic nitrogens is 2. The summed E-state index contributed by atoms with van der Waals surface area (Å²) in [5, 5.41) is 12.2. The summed E-state index contributed by atoms with van der Waals surface area (Å²) in [6.07, 6.45) is 4.94. The van der Waals surface area contributed by atoms with Gasteiger partial charge in [0.1, 0.15) is 5.69 Å². The van der Waals surface area contributed by atoms with Crippen molar-refractivity contribution < 1.29 is 9.90 Å². The van der Waals surface area contributed by atoms with E-state index in [0.29, 0.717) is 12.2 Å². The molecule has 0 atom stereocenters. The Morgan fingerprint density at radius 3 is 2.59 bits per heavy atom. The summed E-state index contributed by atoms with van der Waals surface area (Å²) in [7, 11) is 1.82. The van der Waals surface area contributed by atoms with E-state index in [-0.39, 0.29) is 17.9 Å². The third-order valence-corrected chi connectivity index (χ3v) is 3.40. The minimum absolute atomic E-state index is 0.0858. The number of hydrogen-bond donors (Lipinski definition) is 2. The van der Waals surface area contributed by atoms with Crippen molar-refractivity contribution in [1.82, 2.24) is 14.9 Å². The van der Waals surface area contributed by atoms with Gasteiger partial charge >= 0.3 is 0 Å². The topological polar surface area (TPSA) is 67.2 Å². The Kier molecular flexibility index (Phi) is 4.69. The fourth-order valence-electron chi connectivity index (χ4n) is 1.67. The molecule has 0 bridgehead atoms. The zero-order chi connectivity index (χ0) is 12.9. The first-order chi connectivity index (χ1) is 8.06. The molecule has 1 rings (SSSR count). The van der Waals surface area contributed by atoms with Crippen LogP contribution in [-0.4, -0.2) is 33.7 Å². The number of rotatable bonds is 6. The molecule has 1 amide bonds. The van der Waals surface area contributed by atoms with Crippen molar-refractivity contribution in [3.63, 3.8) is 0 Å². The molecule has 0 radical (unpaired) electrons. The highest BCUT2D eigenvalue weighted by Crippen LogP contribution is 2.24. The van der Waals surface area contributed by atoms with Crippen molar-refractivity contribution in [3.8, 4) is 0 Å². The molecule has 1 heterocycles. The van der Waals surface area contributed by atoms with Crippen LogP contribution < -0.4 is 5.32 Å². The Morgan fingerprint density at radius 2 is 2.18 bits per heavy atom. The maximum Gasteiger partial charge on any atom is 0.271 e. The molecule has 0 aliphatic carbocycles. The largest absolute Gasteiger partial charge is 0.396 e. The van der Waals surface area contributed by atoms with Crippen LogP contribution in [0.2, 0.25) is 0 Å². The highest BCUT2D eigenvalue weighted by atomic mass is 16.3. The first kappa shape index (κ1) is 13.7. The van der Waals surface area contributed by atoms with Crippen LogP contribution in [0.5, 0.6) is 0 Å². The van der Waals surface area contributed by atoms with Crippen molar-refractivity contribution in [3.05, 3.63) is 18.2 Å². The van der Waals surface area contributed by atoms with Crippen molar-refractivity contribution in [2.24, 2.45) is 12.5 Å². The van der Waals surface area contributed by atoms with Gasteiger partial charge < -0.3 is 15.0 Å². The summed E-state index contributed by atoms with van der Waals surface area (Å²) in [6, 6.07) is 0. The average molecular weight is 239 g/mol. The second kappa shape index (κ2) is 5.82. The average Bonchev–Trinajstić information content (AvgIpc) is 2.78. The van der Waals surface area contributed by atoms with E-state index in [0.717, 1.165) is 12.8 Å². The van der Waals surface area contributed by atoms with E-state index in [4.69, 9.17) is 0 Å². The number of amides is 1. The zero-order valence-corrected chi connectivity index (χ0v) is 10.7. The monoisotopic (exact) mass is 239 g/mol. The lowest BCUT2D eigenvalue weighted by Crippen LogP contribution is -2.39. The first-order valence-electron chi connectivity index (χ1n) is 5.94. The fraction of sp³-hybridized carbons (Fsp3) is 0.667. The van der Waals surface area contributed by atoms with E-state index >= 15 is 0 Å². The molecule has 1 aromatic rings. The van der Waals surface area contributed by atoms with E-state index in [2.05, 4.69) is 10.3 Å². The van der Waals surface area contributed by atoms with Crippen LogP contribution in [0.25, 0.3) is 0 Å². The lowest BCUT2D eigenvalue weighted by atomic mass is 9.83. The van der Waals surface area contributed by atoms with Gasteiger partial charge in [-0.1, -0.05) is 13.8 Å². The number of aliphatic hydroxyl groups is 1. The molecule has 0 saturated heterocycles. The van der Waals surface area contributed by atoms with E-state index in [1.807, 2.05) is 20.9 Å². The molecule has 2 N–H and O–H groups in total. The van der Waals surface area contributed by atoms with Crippen LogP contribution in [0.3, 0.4) is 0 Å². The second-order valence-corrected chi connectivity index (χ2v) is 4.47. The molecule has 0 unspecified atom stereocenters. The van der Waals surface area contributed by atoms with Crippen LogP contribution in [0.1, 0.15) is 37.2 Å². The van der Waals surface area contributed by atoms with Crippen molar-refractivity contribution in [2.75, 3.05) is 13.2 Å². The maximum atomic E-state index is 11.8. The Labute approximate surface area is 102 Å². The Morgan fingerprint density at radius 1 is 1.53 bits per heavy atom. The first-order valence-corrected chi connectivity index (χ1v) is 5.94. The van der Waals surface area contributed by atoms with E-state index in [1.165, 1.54) is 0 Å². The number of carbonyl (C=O) groups excluding carboxylic acids is 1. The molecule has 0 spiro atoms. The lowest BCUT2D eigenvalue weighted by molar-refractivity contribution is 0.0847. The summed E-state index contributed by atoms with van der Waals surface area (Å²) in [5.74, 6) is -0.190. The van der Waals surface area contributed by atoms with Gasteiger partial charge in [-0.2, -0.15) is 0 Å². The highest BCUT2D eigenvalue weighted by Gasteiger charge is 2.26. The van der Waals surface area contributed by atoms with Gasteiger partial charge in [0, 0.05) is 25.2 Å². The fourth-order valence-corrected chi connectivity index (χ4v) is 1.67. The molecule has 1 aromatic heterocycles. The van der Waals surface area contributed by atoms with Crippen molar-refractivity contribution in [1.29, 1.82) is 0 Å². The number of hydrogen-bond acceptors (Lipinski definition) is 3. The SMILES string of the molecule is CCC(CC)(CO)CNC(=O)c1cn(C)cn1. The summed E-state index contributed by atoms with van der Waals surface area (Å²) in [4.78, 5) is 15.8. The Bertz CT molecular complexity index is 361. The molecule has 0 aliphatic heterocycles. The summed E-state index contributed by atoms with van der Waals surface area (Å²) < 4.78 is 1.73. The predicted molar refractivity (Wildman–Crippen MR) is 65.6 cm³/mol. The molecular formula is C12H21N3O2. The van der Waals surface area contributed by atoms with Crippen molar-refractivity contribution in [2.45, 2.75) is 26.7 Å². The molecule has 96 valence electrons. The molecule has 5 nitrogen and oxygen atoms in total. The van der Waals surface area contributed by atoms with Gasteiger partial charge in [-0.3, -0.25) is 4.79 Å². The zero-order valence-electron chi connectivity index (χ0n) is 10.7. The quantitative estimate of drug-likeness (QED) is 0.776. The van der Waals surface area contributed by atoms with E-state index < -0.39 is 0 Å². The molecule has 0 fully saturated rings. The third kappa shape index (κ3) is 3.30. The van der Waals surface area contributed by atoms with Gasteiger partial charge in [0.25, 0.3) is 5.91 Å². The maximum absolute atomic E-state index is 11.8. The summed E-state index contributed by atoms with van der Waals surface area (Å²) in [6.45, 7) is 4.60. The van der Waals surface area contributed by atoms with Gasteiger partial charge in [0.2, 0.25) is 0 Å². The number of aryl methyl sites for hydroxylation is 1. The van der Waals surface area contributed by atoms with Crippen LogP contribution in [-0.2, 0) is 7.05 Å². The lowest BCUT2D eigenvalue weighted by Gasteiger charge is -2.29. The van der Waals surface area contributed by atoms with Gasteiger partial charge in [0.05, 0.1) is 12.9 Å². The second-order valence-electron chi connectivity index (χ2n) is 4.47. The number of aliphatic hydroxyl groups excluding tert-OH is 1. The highest BCUT2D eigenvalue weighted by molar-refractivity contribution is 5.92. The number of nitrogens with zero attached hydrogens (tertiary/aromatic N) is 2. The molecule has 0 saturated carbocycles. The standard InChI is InChI=1S/C12H21N3O2/c1-4-12(5-2,8-16)7-13-11(17)10-6-15(3)9-14-10/h6,9,16H,4-5,7-8H2,1-3H3,(H,13,17). The van der Waals surface area contributed by atoms with Crippen LogP contribution in [0, 0.1) is 5.41 Å². The van der Waals surface area contributed by atoms with Crippen molar-refractivity contribution >= 4 is 5.91 Å². The number of carbonyl (C=O) groups is 1. The van der Waals surface area contributed by atoms with E-state index in [9.17, 15) is 9.90 Å². The van der Waals surface area contributed by atoms with E-state index in [1.54, 1.807) is 17.1 Å². The summed E-state index contributed by atoms with van der Waals surface area (Å²) >= 11 is 0. The molecule has 0 aromatic carbocycles. The smallest absolute Gasteiger partial charge is 0.271 e. The number of nitrogens with one attached hydrogen (secondary N) is 1. The Balaban J connectivity index is 2.58. The van der Waals surface area contributed by atoms with Crippen LogP contribution in [0.4, 0.5) is 0 Å². The van der Waals surface area contributed by atoms with Gasteiger partial charge in [-0.15, -0.1) is 0 Å². The van der Waals surface area contributed by atoms with Crippen LogP contribution in [0.15, 0.2) is 12.5 Å². The normalized spacial score (nSPS) is 11.5. The minimum atomic E-state index is -0.218. The molecule has 0 aliphatic rings. The van der Waals surface area contributed by atoms with Crippen LogP contribution >= 0.6 is 0 Å². The molecule has 17 heavy (non-hydrogen) atoms. The molecule has 5 heteroatoms. The summed E-state index contributed by atoms with van der Waals surface area (Å²) in [5.41, 5.74) is 0.191.